The fourth-order valence-electron chi connectivity index (χ4n) is 1.40. The molecule has 5 heteroatoms. The van der Waals surface area contributed by atoms with Crippen molar-refractivity contribution in [3.05, 3.63) is 0 Å². The number of rotatable bonds is 0. The van der Waals surface area contributed by atoms with Crippen molar-refractivity contribution in [3.63, 3.8) is 0 Å². The third kappa shape index (κ3) is 1.85. The van der Waals surface area contributed by atoms with Crippen molar-refractivity contribution in [2.45, 2.75) is 44.7 Å². The van der Waals surface area contributed by atoms with E-state index in [4.69, 9.17) is 11.6 Å². The molecule has 2 atom stereocenters. The Morgan fingerprint density at radius 2 is 1.86 bits per heavy atom. The van der Waals surface area contributed by atoms with Crippen LogP contribution < -0.4 is 5.32 Å². The normalized spacial score (nSPS) is 29.1. The molecule has 0 radical (unpaired) electrons. The first kappa shape index (κ1) is 11.3. The zero-order valence-corrected chi connectivity index (χ0v) is 9.55. The van der Waals surface area contributed by atoms with Crippen molar-refractivity contribution in [1.82, 2.24) is 10.2 Å². The van der Waals surface area contributed by atoms with E-state index in [9.17, 15) is 9.59 Å². The Morgan fingerprint density at radius 3 is 2.29 bits per heavy atom. The predicted molar refractivity (Wildman–Crippen MR) is 54.2 cm³/mol. The Bertz CT molecular complexity index is 272. The lowest BCUT2D eigenvalue weighted by atomic mass is 10.0. The predicted octanol–water partition coefficient (Wildman–Crippen LogP) is 1.33. The summed E-state index contributed by atoms with van der Waals surface area (Å²) in [6.45, 7) is 7.10. The third-order valence-corrected chi connectivity index (χ3v) is 2.68. The average Bonchev–Trinajstić information content (AvgIpc) is 1.97. The molecule has 0 aromatic carbocycles. The van der Waals surface area contributed by atoms with Gasteiger partial charge in [-0.05, 0) is 27.7 Å². The SMILES string of the molecule is C[C@@H]1NC(=O)N(C(C)(C)C)C(=O)[C@H]1Cl. The van der Waals surface area contributed by atoms with Gasteiger partial charge in [0.05, 0.1) is 6.04 Å². The molecule has 3 amide bonds. The van der Waals surface area contributed by atoms with Crippen molar-refractivity contribution in [2.75, 3.05) is 0 Å². The van der Waals surface area contributed by atoms with Crippen LogP contribution in [0.4, 0.5) is 4.79 Å². The minimum atomic E-state index is -0.674. The van der Waals surface area contributed by atoms with E-state index in [0.29, 0.717) is 0 Å². The second kappa shape index (κ2) is 3.42. The molecule has 0 aromatic rings. The molecule has 1 fully saturated rings. The number of hydrogen-bond donors (Lipinski definition) is 1. The van der Waals surface area contributed by atoms with Gasteiger partial charge >= 0.3 is 6.03 Å². The molecule has 1 heterocycles. The van der Waals surface area contributed by atoms with E-state index in [1.165, 1.54) is 4.90 Å². The monoisotopic (exact) mass is 218 g/mol. The van der Waals surface area contributed by atoms with Gasteiger partial charge in [-0.25, -0.2) is 4.79 Å². The molecule has 0 saturated carbocycles. The van der Waals surface area contributed by atoms with Crippen LogP contribution in [0, 0.1) is 0 Å². The molecule has 0 unspecified atom stereocenters. The molecule has 80 valence electrons. The second-order valence-corrected chi connectivity index (χ2v) is 4.95. The topological polar surface area (TPSA) is 49.4 Å². The molecular formula is C9H15ClN2O2. The van der Waals surface area contributed by atoms with Crippen molar-refractivity contribution in [1.29, 1.82) is 0 Å². The first-order valence-corrected chi connectivity index (χ1v) is 4.97. The molecule has 1 saturated heterocycles. The second-order valence-electron chi connectivity index (χ2n) is 4.48. The van der Waals surface area contributed by atoms with Gasteiger partial charge in [0.1, 0.15) is 5.38 Å². The molecule has 14 heavy (non-hydrogen) atoms. The number of halogens is 1. The van der Waals surface area contributed by atoms with E-state index in [-0.39, 0.29) is 18.0 Å². The van der Waals surface area contributed by atoms with Crippen molar-refractivity contribution < 1.29 is 9.59 Å². The maximum atomic E-state index is 11.7. The van der Waals surface area contributed by atoms with Gasteiger partial charge in [-0.15, -0.1) is 11.6 Å². The van der Waals surface area contributed by atoms with E-state index in [1.54, 1.807) is 27.7 Å². The minimum Gasteiger partial charge on any atom is -0.333 e. The zero-order valence-electron chi connectivity index (χ0n) is 8.80. The van der Waals surface area contributed by atoms with Crippen LogP contribution in [0.3, 0.4) is 0 Å². The van der Waals surface area contributed by atoms with Gasteiger partial charge in [-0.1, -0.05) is 0 Å². The molecule has 0 aromatic heterocycles. The van der Waals surface area contributed by atoms with E-state index < -0.39 is 10.9 Å². The fraction of sp³-hybridized carbons (Fsp3) is 0.778. The number of hydrogen-bond acceptors (Lipinski definition) is 2. The van der Waals surface area contributed by atoms with Gasteiger partial charge in [-0.2, -0.15) is 0 Å². The van der Waals surface area contributed by atoms with E-state index in [1.807, 2.05) is 0 Å². The van der Waals surface area contributed by atoms with Gasteiger partial charge in [0.15, 0.2) is 0 Å². The van der Waals surface area contributed by atoms with Crippen LogP contribution in [0.5, 0.6) is 0 Å². The summed E-state index contributed by atoms with van der Waals surface area (Å²) in [7, 11) is 0. The zero-order chi connectivity index (χ0) is 11.1. The van der Waals surface area contributed by atoms with Crippen LogP contribution >= 0.6 is 11.6 Å². The highest BCUT2D eigenvalue weighted by Crippen LogP contribution is 2.22. The van der Waals surface area contributed by atoms with Crippen molar-refractivity contribution in [3.8, 4) is 0 Å². The third-order valence-electron chi connectivity index (χ3n) is 2.12. The van der Waals surface area contributed by atoms with Gasteiger partial charge in [0.2, 0.25) is 0 Å². The summed E-state index contributed by atoms with van der Waals surface area (Å²) in [4.78, 5) is 24.4. The van der Waals surface area contributed by atoms with Crippen LogP contribution in [-0.4, -0.2) is 33.8 Å². The summed E-state index contributed by atoms with van der Waals surface area (Å²) in [5.74, 6) is -0.324. The number of carbonyl (C=O) groups excluding carboxylic acids is 2. The Kier molecular flexibility index (Phi) is 2.76. The standard InChI is InChI=1S/C9H15ClN2O2/c1-5-6(10)7(13)12(8(14)11-5)9(2,3)4/h5-6H,1-4H3,(H,11,14)/t5-,6-/m0/s1. The van der Waals surface area contributed by atoms with Crippen LogP contribution in [0.25, 0.3) is 0 Å². The summed E-state index contributed by atoms with van der Waals surface area (Å²) in [6, 6.07) is -0.679. The van der Waals surface area contributed by atoms with Crippen LogP contribution in [0.2, 0.25) is 0 Å². The lowest BCUT2D eigenvalue weighted by Crippen LogP contribution is -2.64. The smallest absolute Gasteiger partial charge is 0.324 e. The van der Waals surface area contributed by atoms with Crippen LogP contribution in [0.15, 0.2) is 0 Å². The summed E-state index contributed by atoms with van der Waals surface area (Å²) >= 11 is 5.88. The number of alkyl halides is 1. The Morgan fingerprint density at radius 1 is 1.36 bits per heavy atom. The molecule has 0 aliphatic carbocycles. The summed E-state index contributed by atoms with van der Waals surface area (Å²) in [6.07, 6.45) is 0. The molecule has 1 aliphatic rings. The first-order chi connectivity index (χ1) is 6.25. The highest BCUT2D eigenvalue weighted by atomic mass is 35.5. The summed E-state index contributed by atoms with van der Waals surface area (Å²) in [5, 5.41) is 1.98. The van der Waals surface area contributed by atoms with Crippen molar-refractivity contribution >= 4 is 23.5 Å². The number of imide groups is 1. The molecule has 0 bridgehead atoms. The summed E-state index contributed by atoms with van der Waals surface area (Å²) < 4.78 is 0. The van der Waals surface area contributed by atoms with Gasteiger partial charge in [0.25, 0.3) is 5.91 Å². The minimum absolute atomic E-state index is 0.310. The highest BCUT2D eigenvalue weighted by Gasteiger charge is 2.42. The average molecular weight is 219 g/mol. The quantitative estimate of drug-likeness (QED) is 0.624. The molecule has 4 nitrogen and oxygen atoms in total. The Labute approximate surface area is 88.6 Å². The number of nitrogens with zero attached hydrogens (tertiary/aromatic N) is 1. The molecule has 0 spiro atoms. The number of amides is 3. The summed E-state index contributed by atoms with van der Waals surface area (Å²) in [5.41, 5.74) is -0.533. The van der Waals surface area contributed by atoms with E-state index >= 15 is 0 Å². The molecule has 1 rings (SSSR count). The lowest BCUT2D eigenvalue weighted by molar-refractivity contribution is -0.133. The number of urea groups is 1. The largest absolute Gasteiger partial charge is 0.333 e. The lowest BCUT2D eigenvalue weighted by Gasteiger charge is -2.40. The van der Waals surface area contributed by atoms with E-state index in [2.05, 4.69) is 5.32 Å². The van der Waals surface area contributed by atoms with Crippen LogP contribution in [0.1, 0.15) is 27.7 Å². The number of carbonyl (C=O) groups is 2. The molecule has 1 N–H and O–H groups in total. The van der Waals surface area contributed by atoms with Gasteiger partial charge in [-0.3, -0.25) is 9.69 Å². The maximum absolute atomic E-state index is 11.7. The first-order valence-electron chi connectivity index (χ1n) is 4.54. The van der Waals surface area contributed by atoms with Gasteiger partial charge < -0.3 is 5.32 Å². The Balaban J connectivity index is 2.97. The van der Waals surface area contributed by atoms with Crippen LogP contribution in [-0.2, 0) is 4.79 Å². The van der Waals surface area contributed by atoms with E-state index in [0.717, 1.165) is 0 Å². The fourth-order valence-corrected chi connectivity index (χ4v) is 1.57. The Hall–Kier alpha value is -0.770. The molecular weight excluding hydrogens is 204 g/mol. The highest BCUT2D eigenvalue weighted by molar-refractivity contribution is 6.33. The molecule has 1 aliphatic heterocycles. The maximum Gasteiger partial charge on any atom is 0.324 e. The van der Waals surface area contributed by atoms with Gasteiger partial charge in [0, 0.05) is 5.54 Å². The van der Waals surface area contributed by atoms with Crippen molar-refractivity contribution in [2.24, 2.45) is 0 Å². The number of nitrogens with one attached hydrogen (secondary N) is 1.